The van der Waals surface area contributed by atoms with Gasteiger partial charge in [-0.05, 0) is 24.6 Å². The molecule has 1 rings (SSSR count). The lowest BCUT2D eigenvalue weighted by Crippen LogP contribution is -2.26. The van der Waals surface area contributed by atoms with Crippen LogP contribution in [-0.2, 0) is 4.79 Å². The van der Waals surface area contributed by atoms with Gasteiger partial charge < -0.3 is 5.32 Å². The SMILES string of the molecule is C[C@@H](NC(=O)CCBr)c1ccc(Br)cc1. The number of halogens is 2. The summed E-state index contributed by atoms with van der Waals surface area (Å²) in [4.78, 5) is 11.3. The summed E-state index contributed by atoms with van der Waals surface area (Å²) >= 11 is 6.62. The molecule has 15 heavy (non-hydrogen) atoms. The van der Waals surface area contributed by atoms with Crippen LogP contribution in [0.4, 0.5) is 0 Å². The van der Waals surface area contributed by atoms with Crippen LogP contribution >= 0.6 is 31.9 Å². The molecule has 0 spiro atoms. The minimum Gasteiger partial charge on any atom is -0.350 e. The number of hydrogen-bond acceptors (Lipinski definition) is 1. The largest absolute Gasteiger partial charge is 0.350 e. The molecule has 0 fully saturated rings. The van der Waals surface area contributed by atoms with E-state index in [9.17, 15) is 4.79 Å². The third-order valence-corrected chi connectivity index (χ3v) is 2.99. The Balaban J connectivity index is 2.57. The molecule has 0 bridgehead atoms. The Bertz CT molecular complexity index is 324. The van der Waals surface area contributed by atoms with Gasteiger partial charge in [-0.2, -0.15) is 0 Å². The Kier molecular flexibility index (Phi) is 5.32. The van der Waals surface area contributed by atoms with E-state index < -0.39 is 0 Å². The molecule has 1 atom stereocenters. The quantitative estimate of drug-likeness (QED) is 0.840. The van der Waals surface area contributed by atoms with Gasteiger partial charge in [0.1, 0.15) is 0 Å². The molecular formula is C11H13Br2NO. The molecule has 0 aliphatic rings. The van der Waals surface area contributed by atoms with Crippen molar-refractivity contribution < 1.29 is 4.79 Å². The van der Waals surface area contributed by atoms with Gasteiger partial charge >= 0.3 is 0 Å². The van der Waals surface area contributed by atoms with Crippen LogP contribution in [-0.4, -0.2) is 11.2 Å². The first-order chi connectivity index (χ1) is 7.13. The van der Waals surface area contributed by atoms with Crippen LogP contribution in [0, 0.1) is 0 Å². The van der Waals surface area contributed by atoms with Crippen LogP contribution in [0.2, 0.25) is 0 Å². The van der Waals surface area contributed by atoms with Gasteiger partial charge in [0.15, 0.2) is 0 Å². The molecule has 0 saturated heterocycles. The lowest BCUT2D eigenvalue weighted by Gasteiger charge is -2.13. The van der Waals surface area contributed by atoms with Gasteiger partial charge in [-0.3, -0.25) is 4.79 Å². The van der Waals surface area contributed by atoms with E-state index in [-0.39, 0.29) is 11.9 Å². The van der Waals surface area contributed by atoms with E-state index in [1.54, 1.807) is 0 Å². The van der Waals surface area contributed by atoms with E-state index in [4.69, 9.17) is 0 Å². The lowest BCUT2D eigenvalue weighted by molar-refractivity contribution is -0.121. The maximum absolute atomic E-state index is 11.3. The van der Waals surface area contributed by atoms with Crippen molar-refractivity contribution in [3.63, 3.8) is 0 Å². The number of alkyl halides is 1. The van der Waals surface area contributed by atoms with Crippen LogP contribution in [0.25, 0.3) is 0 Å². The topological polar surface area (TPSA) is 29.1 Å². The fourth-order valence-electron chi connectivity index (χ4n) is 1.23. The molecule has 0 saturated carbocycles. The Morgan fingerprint density at radius 3 is 2.53 bits per heavy atom. The van der Waals surface area contributed by atoms with Gasteiger partial charge in [0.25, 0.3) is 0 Å². The summed E-state index contributed by atoms with van der Waals surface area (Å²) in [7, 11) is 0. The maximum atomic E-state index is 11.3. The Morgan fingerprint density at radius 2 is 2.00 bits per heavy atom. The van der Waals surface area contributed by atoms with E-state index in [1.807, 2.05) is 31.2 Å². The van der Waals surface area contributed by atoms with Crippen molar-refractivity contribution in [3.05, 3.63) is 34.3 Å². The second-order valence-corrected chi connectivity index (χ2v) is 4.99. The van der Waals surface area contributed by atoms with Crippen molar-refractivity contribution in [2.24, 2.45) is 0 Å². The van der Waals surface area contributed by atoms with Crippen LogP contribution in [0.5, 0.6) is 0 Å². The van der Waals surface area contributed by atoms with Crippen molar-refractivity contribution in [1.29, 1.82) is 0 Å². The highest BCUT2D eigenvalue weighted by atomic mass is 79.9. The van der Waals surface area contributed by atoms with Crippen molar-refractivity contribution >= 4 is 37.8 Å². The molecule has 1 N–H and O–H groups in total. The maximum Gasteiger partial charge on any atom is 0.221 e. The molecule has 0 aliphatic carbocycles. The molecule has 0 unspecified atom stereocenters. The van der Waals surface area contributed by atoms with E-state index in [0.717, 1.165) is 10.0 Å². The van der Waals surface area contributed by atoms with Crippen LogP contribution in [0.15, 0.2) is 28.7 Å². The number of amides is 1. The summed E-state index contributed by atoms with van der Waals surface area (Å²) in [5, 5.41) is 3.63. The monoisotopic (exact) mass is 333 g/mol. The molecule has 1 aromatic rings. The first-order valence-corrected chi connectivity index (χ1v) is 6.65. The number of hydrogen-bond donors (Lipinski definition) is 1. The third-order valence-electron chi connectivity index (χ3n) is 2.07. The van der Waals surface area contributed by atoms with Crippen molar-refractivity contribution in [3.8, 4) is 0 Å². The zero-order valence-electron chi connectivity index (χ0n) is 8.47. The zero-order chi connectivity index (χ0) is 11.3. The second kappa shape index (κ2) is 6.28. The fourth-order valence-corrected chi connectivity index (χ4v) is 1.86. The van der Waals surface area contributed by atoms with Crippen LogP contribution in [0.1, 0.15) is 24.9 Å². The van der Waals surface area contributed by atoms with E-state index in [1.165, 1.54) is 0 Å². The first-order valence-electron chi connectivity index (χ1n) is 4.74. The minimum absolute atomic E-state index is 0.0599. The molecule has 0 heterocycles. The average molecular weight is 335 g/mol. The highest BCUT2D eigenvalue weighted by molar-refractivity contribution is 9.10. The summed E-state index contributed by atoms with van der Waals surface area (Å²) < 4.78 is 1.05. The fraction of sp³-hybridized carbons (Fsp3) is 0.364. The molecule has 1 amide bonds. The van der Waals surface area contributed by atoms with Crippen molar-refractivity contribution in [1.82, 2.24) is 5.32 Å². The smallest absolute Gasteiger partial charge is 0.221 e. The highest BCUT2D eigenvalue weighted by Gasteiger charge is 2.08. The van der Waals surface area contributed by atoms with Crippen molar-refractivity contribution in [2.45, 2.75) is 19.4 Å². The number of carbonyl (C=O) groups is 1. The average Bonchev–Trinajstić information content (AvgIpc) is 2.18. The van der Waals surface area contributed by atoms with Gasteiger partial charge in [0, 0.05) is 16.2 Å². The number of carbonyl (C=O) groups excluding carboxylic acids is 1. The molecule has 0 aromatic heterocycles. The lowest BCUT2D eigenvalue weighted by atomic mass is 10.1. The van der Waals surface area contributed by atoms with Gasteiger partial charge in [-0.25, -0.2) is 0 Å². The van der Waals surface area contributed by atoms with E-state index >= 15 is 0 Å². The van der Waals surface area contributed by atoms with Crippen molar-refractivity contribution in [2.75, 3.05) is 5.33 Å². The van der Waals surface area contributed by atoms with Crippen LogP contribution in [0.3, 0.4) is 0 Å². The molecule has 1 aromatic carbocycles. The van der Waals surface area contributed by atoms with E-state index in [0.29, 0.717) is 11.8 Å². The minimum atomic E-state index is 0.0599. The molecule has 4 heteroatoms. The predicted molar refractivity (Wildman–Crippen MR) is 69.1 cm³/mol. The Morgan fingerprint density at radius 1 is 1.40 bits per heavy atom. The zero-order valence-corrected chi connectivity index (χ0v) is 11.6. The summed E-state index contributed by atoms with van der Waals surface area (Å²) in [6.45, 7) is 1.98. The van der Waals surface area contributed by atoms with Gasteiger partial charge in [-0.1, -0.05) is 44.0 Å². The molecule has 82 valence electrons. The Labute approximate surface area is 107 Å². The second-order valence-electron chi connectivity index (χ2n) is 3.28. The summed E-state index contributed by atoms with van der Waals surface area (Å²) in [6, 6.07) is 8.02. The predicted octanol–water partition coefficient (Wildman–Crippen LogP) is 3.41. The Hall–Kier alpha value is -0.350. The molecular weight excluding hydrogens is 322 g/mol. The summed E-state index contributed by atoms with van der Waals surface area (Å²) in [6.07, 6.45) is 0.515. The summed E-state index contributed by atoms with van der Waals surface area (Å²) in [5.74, 6) is 0.0716. The third kappa shape index (κ3) is 4.34. The highest BCUT2D eigenvalue weighted by Crippen LogP contribution is 2.16. The summed E-state index contributed by atoms with van der Waals surface area (Å²) in [5.41, 5.74) is 1.11. The van der Waals surface area contributed by atoms with E-state index in [2.05, 4.69) is 37.2 Å². The number of nitrogens with one attached hydrogen (secondary N) is 1. The normalized spacial score (nSPS) is 12.2. The number of rotatable bonds is 4. The standard InChI is InChI=1S/C11H13Br2NO/c1-8(14-11(15)6-7-12)9-2-4-10(13)5-3-9/h2-5,8H,6-7H2,1H3,(H,14,15)/t8-/m1/s1. The first kappa shape index (κ1) is 12.7. The molecule has 0 radical (unpaired) electrons. The molecule has 0 aliphatic heterocycles. The van der Waals surface area contributed by atoms with Gasteiger partial charge in [0.2, 0.25) is 5.91 Å². The van der Waals surface area contributed by atoms with Gasteiger partial charge in [0.05, 0.1) is 6.04 Å². The van der Waals surface area contributed by atoms with Gasteiger partial charge in [-0.15, -0.1) is 0 Å². The van der Waals surface area contributed by atoms with Crippen LogP contribution < -0.4 is 5.32 Å². The number of benzene rings is 1. The molecule has 2 nitrogen and oxygen atoms in total.